The Kier molecular flexibility index (Phi) is 30.6. The lowest BCUT2D eigenvalue weighted by Crippen LogP contribution is -1.78. The van der Waals surface area contributed by atoms with Gasteiger partial charge in [-0.2, -0.15) is 0 Å². The summed E-state index contributed by atoms with van der Waals surface area (Å²) in [6.07, 6.45) is 10.4. The van der Waals surface area contributed by atoms with E-state index < -0.39 is 0 Å². The van der Waals surface area contributed by atoms with E-state index in [2.05, 4.69) is 47.4 Å². The largest absolute Gasteiger partial charge is 0.103 e. The highest BCUT2D eigenvalue weighted by Crippen LogP contribution is 1.96. The predicted octanol–water partition coefficient (Wildman–Crippen LogP) is 5.77. The van der Waals surface area contributed by atoms with E-state index in [-0.39, 0.29) is 0 Å². The van der Waals surface area contributed by atoms with Gasteiger partial charge in [0.15, 0.2) is 0 Å². The highest BCUT2D eigenvalue weighted by Gasteiger charge is 1.82. The first kappa shape index (κ1) is 19.7. The van der Waals surface area contributed by atoms with Crippen molar-refractivity contribution in [1.29, 1.82) is 0 Å². The van der Waals surface area contributed by atoms with Gasteiger partial charge in [-0.05, 0) is 25.2 Å². The molecule has 0 bridgehead atoms. The van der Waals surface area contributed by atoms with E-state index in [4.69, 9.17) is 0 Å². The van der Waals surface area contributed by atoms with Crippen LogP contribution in [0.3, 0.4) is 0 Å². The first-order chi connectivity index (χ1) is 7.10. The first-order valence-electron chi connectivity index (χ1n) is 5.93. The zero-order chi connectivity index (χ0) is 12.5. The number of rotatable bonds is 5. The molecule has 0 unspecified atom stereocenters. The molecular weight excluding hydrogens is 180 g/mol. The van der Waals surface area contributed by atoms with Crippen molar-refractivity contribution in [3.63, 3.8) is 0 Å². The van der Waals surface area contributed by atoms with Crippen LogP contribution in [0.5, 0.6) is 0 Å². The van der Waals surface area contributed by atoms with Gasteiger partial charge in [0.25, 0.3) is 0 Å². The topological polar surface area (TPSA) is 0 Å². The van der Waals surface area contributed by atoms with E-state index in [1.54, 1.807) is 0 Å². The van der Waals surface area contributed by atoms with Gasteiger partial charge in [0.05, 0.1) is 0 Å². The van der Waals surface area contributed by atoms with Crippen LogP contribution < -0.4 is 0 Å². The second-order valence-corrected chi connectivity index (χ2v) is 3.69. The molecule has 0 N–H and O–H groups in total. The van der Waals surface area contributed by atoms with Crippen LogP contribution >= 0.6 is 0 Å². The Hall–Kier alpha value is -0.780. The molecule has 0 saturated heterocycles. The summed E-state index contributed by atoms with van der Waals surface area (Å²) in [5, 5.41) is 0. The molecule has 0 fully saturated rings. The fourth-order valence-corrected chi connectivity index (χ4v) is 0.537. The van der Waals surface area contributed by atoms with E-state index in [0.717, 1.165) is 25.2 Å². The van der Waals surface area contributed by atoms with Gasteiger partial charge < -0.3 is 0 Å². The van der Waals surface area contributed by atoms with Crippen LogP contribution in [0.25, 0.3) is 0 Å². The number of unbranched alkanes of at least 4 members (excludes halogenated alkanes) is 1. The van der Waals surface area contributed by atoms with Crippen LogP contribution in [0.15, 0.2) is 38.0 Å². The molecule has 15 heavy (non-hydrogen) atoms. The fraction of sp³-hybridized carbons (Fsp3) is 0.600. The van der Waals surface area contributed by atoms with Gasteiger partial charge in [-0.25, -0.2) is 0 Å². The Morgan fingerprint density at radius 2 is 1.40 bits per heavy atom. The normalized spacial score (nSPS) is 7.80. The third kappa shape index (κ3) is 61.1. The molecule has 0 saturated carbocycles. The third-order valence-electron chi connectivity index (χ3n) is 1.42. The van der Waals surface area contributed by atoms with Crippen molar-refractivity contribution >= 4 is 0 Å². The fourth-order valence-electron chi connectivity index (χ4n) is 0.537. The molecule has 0 rings (SSSR count). The maximum absolute atomic E-state index is 3.60. The average molecular weight is 210 g/mol. The van der Waals surface area contributed by atoms with Gasteiger partial charge in [-0.1, -0.05) is 52.3 Å². The highest BCUT2D eigenvalue weighted by molar-refractivity contribution is 4.67. The summed E-state index contributed by atoms with van der Waals surface area (Å²) in [6, 6.07) is 0. The lowest BCUT2D eigenvalue weighted by Gasteiger charge is -1.92. The lowest BCUT2D eigenvalue weighted by atomic mass is 10.1. The lowest BCUT2D eigenvalue weighted by molar-refractivity contribution is 0.664. The van der Waals surface area contributed by atoms with E-state index in [1.165, 1.54) is 6.42 Å². The molecule has 0 aromatic carbocycles. The zero-order valence-corrected chi connectivity index (χ0v) is 11.3. The second-order valence-electron chi connectivity index (χ2n) is 3.69. The van der Waals surface area contributed by atoms with Crippen LogP contribution in [-0.2, 0) is 0 Å². The van der Waals surface area contributed by atoms with Gasteiger partial charge in [-0.15, -0.1) is 19.7 Å². The average Bonchev–Trinajstić information content (AvgIpc) is 2.20. The third-order valence-corrected chi connectivity index (χ3v) is 1.42. The van der Waals surface area contributed by atoms with Crippen molar-refractivity contribution in [3.05, 3.63) is 38.0 Å². The molecule has 0 nitrogen and oxygen atoms in total. The second kappa shape index (κ2) is 23.2. The van der Waals surface area contributed by atoms with E-state index in [0.29, 0.717) is 0 Å². The highest BCUT2D eigenvalue weighted by atomic mass is 13.9. The summed E-state index contributed by atoms with van der Waals surface area (Å²) in [6.45, 7) is 19.2. The maximum atomic E-state index is 3.60. The monoisotopic (exact) mass is 210 g/mol. The van der Waals surface area contributed by atoms with Crippen molar-refractivity contribution in [2.75, 3.05) is 0 Å². The molecule has 0 heteroatoms. The molecular formula is C15H30. The zero-order valence-electron chi connectivity index (χ0n) is 11.3. The van der Waals surface area contributed by atoms with Crippen LogP contribution in [-0.4, -0.2) is 0 Å². The van der Waals surface area contributed by atoms with Gasteiger partial charge in [0.1, 0.15) is 0 Å². The van der Waals surface area contributed by atoms with Gasteiger partial charge in [0, 0.05) is 0 Å². The van der Waals surface area contributed by atoms with Gasteiger partial charge in [0.2, 0.25) is 0 Å². The van der Waals surface area contributed by atoms with E-state index in [1.807, 2.05) is 18.2 Å². The van der Waals surface area contributed by atoms with Crippen molar-refractivity contribution in [3.8, 4) is 0 Å². The maximum Gasteiger partial charge on any atom is -0.0330 e. The van der Waals surface area contributed by atoms with E-state index >= 15 is 0 Å². The minimum absolute atomic E-state index is 0.780. The molecule has 0 aliphatic rings. The van der Waals surface area contributed by atoms with Crippen molar-refractivity contribution < 1.29 is 0 Å². The predicted molar refractivity (Wildman–Crippen MR) is 75.2 cm³/mol. The van der Waals surface area contributed by atoms with Crippen molar-refractivity contribution in [1.82, 2.24) is 0 Å². The molecule has 0 heterocycles. The summed E-state index contributed by atoms with van der Waals surface area (Å²) in [5.41, 5.74) is 0. The molecule has 0 amide bonds. The van der Waals surface area contributed by atoms with Crippen LogP contribution in [0.1, 0.15) is 53.4 Å². The summed E-state index contributed by atoms with van der Waals surface area (Å²) in [5.74, 6) is 0.780. The molecule has 0 spiro atoms. The molecule has 0 aromatic heterocycles. The summed E-state index contributed by atoms with van der Waals surface area (Å²) in [7, 11) is 0. The van der Waals surface area contributed by atoms with Crippen LogP contribution in [0, 0.1) is 5.92 Å². The SMILES string of the molecule is C=CCC.C=CCC(C)C.C=CCCC. The minimum Gasteiger partial charge on any atom is -0.103 e. The van der Waals surface area contributed by atoms with Gasteiger partial charge in [-0.3, -0.25) is 0 Å². The number of allylic oxidation sites excluding steroid dienone is 3. The van der Waals surface area contributed by atoms with Crippen molar-refractivity contribution in [2.45, 2.75) is 53.4 Å². The standard InChI is InChI=1S/C6H12.C5H10.C4H8/c1-4-5-6(2)3;1-3-5-4-2;1-3-4-2/h4,6H,1,5H2,2-3H3;3H,1,4-5H2,2H3;3H,1,4H2,2H3. The Labute approximate surface area is 97.8 Å². The Morgan fingerprint density at radius 3 is 1.40 bits per heavy atom. The quantitative estimate of drug-likeness (QED) is 0.505. The molecule has 0 aliphatic carbocycles. The number of hydrogen-bond donors (Lipinski definition) is 0. The molecule has 0 radical (unpaired) electrons. The van der Waals surface area contributed by atoms with Crippen LogP contribution in [0.4, 0.5) is 0 Å². The smallest absolute Gasteiger partial charge is 0.0330 e. The van der Waals surface area contributed by atoms with E-state index in [9.17, 15) is 0 Å². The Bertz CT molecular complexity index is 120. The van der Waals surface area contributed by atoms with Crippen LogP contribution in [0.2, 0.25) is 0 Å². The minimum atomic E-state index is 0.780. The molecule has 90 valence electrons. The molecule has 0 atom stereocenters. The number of hydrogen-bond acceptors (Lipinski definition) is 0. The molecule has 0 aromatic rings. The summed E-state index contributed by atoms with van der Waals surface area (Å²) < 4.78 is 0. The van der Waals surface area contributed by atoms with Gasteiger partial charge >= 0.3 is 0 Å². The summed E-state index contributed by atoms with van der Waals surface area (Å²) >= 11 is 0. The van der Waals surface area contributed by atoms with Crippen molar-refractivity contribution in [2.24, 2.45) is 5.92 Å². The molecule has 0 aliphatic heterocycles. The first-order valence-corrected chi connectivity index (χ1v) is 5.93. The Morgan fingerprint density at radius 1 is 0.933 bits per heavy atom. The summed E-state index contributed by atoms with van der Waals surface area (Å²) in [4.78, 5) is 0. The Balaban J connectivity index is -0.000000147.